The van der Waals surface area contributed by atoms with Crippen molar-refractivity contribution >= 4 is 11.7 Å². The van der Waals surface area contributed by atoms with Crippen molar-refractivity contribution in [2.45, 2.75) is 0 Å². The van der Waals surface area contributed by atoms with E-state index in [0.29, 0.717) is 11.4 Å². The van der Waals surface area contributed by atoms with E-state index < -0.39 is 11.5 Å². The highest BCUT2D eigenvalue weighted by molar-refractivity contribution is 6.06. The lowest BCUT2D eigenvalue weighted by molar-refractivity contribution is 0.100. The largest absolute Gasteiger partial charge is 0.366 e. The number of nitrogens with one attached hydrogen (secondary N) is 1. The van der Waals surface area contributed by atoms with Gasteiger partial charge in [-0.1, -0.05) is 36.4 Å². The third-order valence-electron chi connectivity index (χ3n) is 3.16. The van der Waals surface area contributed by atoms with Crippen LogP contribution in [0, 0.1) is 0 Å². The second-order valence-electron chi connectivity index (χ2n) is 4.63. The minimum Gasteiger partial charge on any atom is -0.335 e. The number of benzene rings is 1. The monoisotopic (exact) mass is 295 g/mol. The van der Waals surface area contributed by atoms with Gasteiger partial charge in [0, 0.05) is 13.2 Å². The summed E-state index contributed by atoms with van der Waals surface area (Å²) in [6.45, 7) is 0. The molecule has 0 saturated carbocycles. The summed E-state index contributed by atoms with van der Waals surface area (Å²) in [6.07, 6.45) is 1.57. The second-order valence-corrected chi connectivity index (χ2v) is 4.63. The molecule has 6 nitrogen and oxygen atoms in total. The lowest BCUT2D eigenvalue weighted by atomic mass is 10.1. The molecule has 0 atom stereocenters. The Morgan fingerprint density at radius 2 is 1.86 bits per heavy atom. The maximum Gasteiger partial charge on any atom is 0.366 e. The van der Waals surface area contributed by atoms with Crippen molar-refractivity contribution in [3.8, 4) is 11.1 Å². The first-order valence-corrected chi connectivity index (χ1v) is 6.65. The van der Waals surface area contributed by atoms with Crippen LogP contribution in [0.4, 0.5) is 5.82 Å². The molecule has 2 heterocycles. The molecule has 0 aliphatic heterocycles. The Hall–Kier alpha value is -3.15. The summed E-state index contributed by atoms with van der Waals surface area (Å²) in [5.74, 6) is -0.0499. The highest BCUT2D eigenvalue weighted by atomic mass is 16.5. The predicted octanol–water partition coefficient (Wildman–Crippen LogP) is 2.29. The van der Waals surface area contributed by atoms with Gasteiger partial charge in [0.2, 0.25) is 0 Å². The molecule has 0 unspecified atom stereocenters. The molecule has 3 aromatic rings. The summed E-state index contributed by atoms with van der Waals surface area (Å²) in [6, 6.07) is 14.1. The topological polar surface area (TPSA) is 77.1 Å². The number of nitrogens with zero attached hydrogens (tertiary/aromatic N) is 2. The lowest BCUT2D eigenvalue weighted by Gasteiger charge is -2.06. The zero-order chi connectivity index (χ0) is 15.5. The average Bonchev–Trinajstić information content (AvgIpc) is 2.83. The minimum absolute atomic E-state index is 0.154. The quantitative estimate of drug-likeness (QED) is 0.804. The van der Waals surface area contributed by atoms with Crippen LogP contribution >= 0.6 is 0 Å². The molecule has 0 saturated heterocycles. The molecule has 0 bridgehead atoms. The molecule has 0 aliphatic carbocycles. The molecular formula is C16H13N3O3. The van der Waals surface area contributed by atoms with E-state index >= 15 is 0 Å². The van der Waals surface area contributed by atoms with Crippen LogP contribution in [0.2, 0.25) is 0 Å². The fourth-order valence-corrected chi connectivity index (χ4v) is 2.20. The van der Waals surface area contributed by atoms with Crippen LogP contribution < -0.4 is 10.9 Å². The van der Waals surface area contributed by atoms with E-state index in [9.17, 15) is 9.59 Å². The van der Waals surface area contributed by atoms with Gasteiger partial charge in [-0.2, -0.15) is 0 Å². The Morgan fingerprint density at radius 1 is 1.14 bits per heavy atom. The number of anilines is 1. The zero-order valence-electron chi connectivity index (χ0n) is 11.8. The first-order valence-electron chi connectivity index (χ1n) is 6.65. The Bertz CT molecular complexity index is 851. The number of pyridine rings is 1. The van der Waals surface area contributed by atoms with E-state index in [-0.39, 0.29) is 11.3 Å². The van der Waals surface area contributed by atoms with Gasteiger partial charge in [-0.15, -0.1) is 0 Å². The number of rotatable bonds is 3. The van der Waals surface area contributed by atoms with Crippen molar-refractivity contribution in [2.24, 2.45) is 7.05 Å². The molecule has 0 radical (unpaired) electrons. The van der Waals surface area contributed by atoms with E-state index in [4.69, 9.17) is 4.52 Å². The Morgan fingerprint density at radius 3 is 2.55 bits per heavy atom. The van der Waals surface area contributed by atoms with Crippen LogP contribution in [0.25, 0.3) is 11.1 Å². The molecule has 1 amide bonds. The van der Waals surface area contributed by atoms with Gasteiger partial charge in [-0.05, 0) is 17.7 Å². The Kier molecular flexibility index (Phi) is 3.57. The SMILES string of the molecule is Cn1oc(=O)c(-c2ccccc2)c1C(=O)Nc1ccccn1. The molecule has 0 spiro atoms. The first-order chi connectivity index (χ1) is 10.7. The normalized spacial score (nSPS) is 10.4. The molecule has 6 heteroatoms. The van der Waals surface area contributed by atoms with Crippen molar-refractivity contribution in [1.29, 1.82) is 0 Å². The number of aromatic nitrogens is 2. The lowest BCUT2D eigenvalue weighted by Crippen LogP contribution is -2.17. The summed E-state index contributed by atoms with van der Waals surface area (Å²) in [5, 5.41) is 2.65. The third-order valence-corrected chi connectivity index (χ3v) is 3.16. The van der Waals surface area contributed by atoms with Gasteiger partial charge in [0.05, 0.1) is 0 Å². The van der Waals surface area contributed by atoms with E-state index in [0.717, 1.165) is 0 Å². The highest BCUT2D eigenvalue weighted by Gasteiger charge is 2.23. The molecular weight excluding hydrogens is 282 g/mol. The summed E-state index contributed by atoms with van der Waals surface area (Å²) < 4.78 is 6.21. The van der Waals surface area contributed by atoms with Crippen molar-refractivity contribution < 1.29 is 9.32 Å². The summed E-state index contributed by atoms with van der Waals surface area (Å²) >= 11 is 0. The molecule has 0 fully saturated rings. The predicted molar refractivity (Wildman–Crippen MR) is 81.6 cm³/mol. The van der Waals surface area contributed by atoms with Gasteiger partial charge >= 0.3 is 5.63 Å². The van der Waals surface area contributed by atoms with Crippen molar-refractivity contribution in [3.63, 3.8) is 0 Å². The number of hydrogen-bond donors (Lipinski definition) is 1. The fraction of sp³-hybridized carbons (Fsp3) is 0.0625. The van der Waals surface area contributed by atoms with Gasteiger partial charge < -0.3 is 9.84 Å². The number of carbonyl (C=O) groups excluding carboxylic acids is 1. The highest BCUT2D eigenvalue weighted by Crippen LogP contribution is 2.21. The van der Waals surface area contributed by atoms with Crippen LogP contribution in [0.1, 0.15) is 10.5 Å². The van der Waals surface area contributed by atoms with Crippen LogP contribution in [0.3, 0.4) is 0 Å². The van der Waals surface area contributed by atoms with Gasteiger partial charge in [0.25, 0.3) is 5.91 Å². The van der Waals surface area contributed by atoms with Crippen LogP contribution in [-0.2, 0) is 7.05 Å². The van der Waals surface area contributed by atoms with E-state index in [1.54, 1.807) is 48.7 Å². The molecule has 2 aromatic heterocycles. The second kappa shape index (κ2) is 5.69. The third kappa shape index (κ3) is 2.54. The number of aryl methyl sites for hydroxylation is 1. The summed E-state index contributed by atoms with van der Waals surface area (Å²) in [4.78, 5) is 28.5. The van der Waals surface area contributed by atoms with E-state index in [2.05, 4.69) is 10.3 Å². The molecule has 0 aliphatic rings. The maximum atomic E-state index is 12.5. The van der Waals surface area contributed by atoms with Gasteiger partial charge in [-0.25, -0.2) is 14.5 Å². The van der Waals surface area contributed by atoms with Crippen LogP contribution in [-0.4, -0.2) is 15.6 Å². The van der Waals surface area contributed by atoms with Crippen molar-refractivity contribution in [2.75, 3.05) is 5.32 Å². The van der Waals surface area contributed by atoms with Crippen molar-refractivity contribution in [1.82, 2.24) is 9.72 Å². The van der Waals surface area contributed by atoms with E-state index in [1.807, 2.05) is 6.07 Å². The maximum absolute atomic E-state index is 12.5. The molecule has 22 heavy (non-hydrogen) atoms. The molecule has 1 aromatic carbocycles. The summed E-state index contributed by atoms with van der Waals surface area (Å²) in [5.41, 5.74) is 0.460. The minimum atomic E-state index is -0.556. The zero-order valence-corrected chi connectivity index (χ0v) is 11.8. The Labute approximate surface area is 126 Å². The standard InChI is InChI=1S/C16H13N3O3/c1-19-14(15(20)18-12-9-5-6-10-17-12)13(16(21)22-19)11-7-3-2-4-8-11/h2-10H,1H3,(H,17,18,20). The molecule has 3 rings (SSSR count). The van der Waals surface area contributed by atoms with Crippen LogP contribution in [0.5, 0.6) is 0 Å². The smallest absolute Gasteiger partial charge is 0.335 e. The van der Waals surface area contributed by atoms with Crippen LogP contribution in [0.15, 0.2) is 64.0 Å². The number of amides is 1. The molecule has 1 N–H and O–H groups in total. The van der Waals surface area contributed by atoms with E-state index in [1.165, 1.54) is 11.8 Å². The molecule has 110 valence electrons. The van der Waals surface area contributed by atoms with Gasteiger partial charge in [0.15, 0.2) is 5.69 Å². The Balaban J connectivity index is 2.04. The van der Waals surface area contributed by atoms with Crippen molar-refractivity contribution in [3.05, 3.63) is 70.8 Å². The van der Waals surface area contributed by atoms with Gasteiger partial charge in [0.1, 0.15) is 11.4 Å². The fourth-order valence-electron chi connectivity index (χ4n) is 2.20. The van der Waals surface area contributed by atoms with Gasteiger partial charge in [-0.3, -0.25) is 4.79 Å². The summed E-state index contributed by atoms with van der Waals surface area (Å²) in [7, 11) is 1.52. The number of hydrogen-bond acceptors (Lipinski definition) is 4. The average molecular weight is 295 g/mol. The first kappa shape index (κ1) is 13.8. The number of carbonyl (C=O) groups is 1.